The minimum absolute atomic E-state index is 0.228. The van der Waals surface area contributed by atoms with Gasteiger partial charge in [0.15, 0.2) is 0 Å². The van der Waals surface area contributed by atoms with Crippen molar-refractivity contribution < 1.29 is 8.42 Å². The van der Waals surface area contributed by atoms with Gasteiger partial charge in [0.2, 0.25) is 10.0 Å². The van der Waals surface area contributed by atoms with Crippen LogP contribution in [0.3, 0.4) is 0 Å². The first-order valence-electron chi connectivity index (χ1n) is 4.95. The van der Waals surface area contributed by atoms with Crippen LogP contribution >= 0.6 is 11.8 Å². The van der Waals surface area contributed by atoms with E-state index in [0.29, 0.717) is 0 Å². The summed E-state index contributed by atoms with van der Waals surface area (Å²) < 4.78 is 26.0. The Kier molecular flexibility index (Phi) is 3.37. The molecule has 1 heterocycles. The molecule has 2 aromatic rings. The van der Waals surface area contributed by atoms with Gasteiger partial charge in [-0.2, -0.15) is 0 Å². The zero-order chi connectivity index (χ0) is 12.5. The lowest BCUT2D eigenvalue weighted by molar-refractivity contribution is 0.586. The second-order valence-corrected chi connectivity index (χ2v) is 6.05. The van der Waals surface area contributed by atoms with Crippen molar-refractivity contribution in [1.29, 1.82) is 0 Å². The van der Waals surface area contributed by atoms with Crippen LogP contribution in [0.1, 0.15) is 0 Å². The maximum atomic E-state index is 11.9. The van der Waals surface area contributed by atoms with Crippen molar-refractivity contribution in [2.75, 3.05) is 13.3 Å². The molecule has 0 bridgehead atoms. The molecule has 0 aliphatic heterocycles. The van der Waals surface area contributed by atoms with Gasteiger partial charge < -0.3 is 0 Å². The first-order valence-corrected chi connectivity index (χ1v) is 7.66. The number of sulfonamides is 1. The number of pyridine rings is 1. The number of para-hydroxylation sites is 1. The van der Waals surface area contributed by atoms with Gasteiger partial charge in [-0.15, -0.1) is 11.8 Å². The molecule has 0 aliphatic carbocycles. The van der Waals surface area contributed by atoms with Gasteiger partial charge in [0, 0.05) is 16.5 Å². The monoisotopic (exact) mass is 268 g/mol. The van der Waals surface area contributed by atoms with Crippen molar-refractivity contribution in [3.8, 4) is 0 Å². The molecule has 0 amide bonds. The van der Waals surface area contributed by atoms with Crippen LogP contribution in [0.5, 0.6) is 0 Å². The summed E-state index contributed by atoms with van der Waals surface area (Å²) in [6.07, 6.45) is 3.26. The van der Waals surface area contributed by atoms with Crippen LogP contribution in [0.2, 0.25) is 0 Å². The Hall–Kier alpha value is -1.11. The van der Waals surface area contributed by atoms with Crippen molar-refractivity contribution in [3.05, 3.63) is 30.5 Å². The third kappa shape index (κ3) is 2.15. The van der Waals surface area contributed by atoms with E-state index in [2.05, 4.69) is 9.71 Å². The summed E-state index contributed by atoms with van der Waals surface area (Å²) in [4.78, 5) is 5.13. The predicted octanol–water partition coefficient (Wildman–Crippen LogP) is 1.86. The van der Waals surface area contributed by atoms with Crippen molar-refractivity contribution in [3.63, 3.8) is 0 Å². The number of nitrogens with one attached hydrogen (secondary N) is 1. The minimum atomic E-state index is -3.47. The molecule has 6 heteroatoms. The summed E-state index contributed by atoms with van der Waals surface area (Å²) in [5.74, 6) is 0. The van der Waals surface area contributed by atoms with Crippen LogP contribution in [-0.2, 0) is 10.0 Å². The lowest BCUT2D eigenvalue weighted by atomic mass is 10.2. The fraction of sp³-hybridized carbons (Fsp3) is 0.182. The van der Waals surface area contributed by atoms with E-state index in [1.165, 1.54) is 25.0 Å². The Bertz CT molecular complexity index is 654. The van der Waals surface area contributed by atoms with Crippen molar-refractivity contribution in [1.82, 2.24) is 9.71 Å². The standard InChI is InChI=1S/C11H12N2O2S2/c1-12-17(14,15)10-7-13-9-6-4-3-5-8(9)11(10)16-2/h3-7,12H,1-2H3. The summed E-state index contributed by atoms with van der Waals surface area (Å²) in [6.45, 7) is 0. The highest BCUT2D eigenvalue weighted by molar-refractivity contribution is 7.99. The smallest absolute Gasteiger partial charge is 0.242 e. The Balaban J connectivity index is 2.83. The lowest BCUT2D eigenvalue weighted by Gasteiger charge is -2.10. The number of benzene rings is 1. The van der Waals surface area contributed by atoms with Crippen LogP contribution in [-0.4, -0.2) is 26.7 Å². The number of hydrogen-bond donors (Lipinski definition) is 1. The van der Waals surface area contributed by atoms with E-state index < -0.39 is 10.0 Å². The van der Waals surface area contributed by atoms with E-state index in [-0.39, 0.29) is 4.90 Å². The average molecular weight is 268 g/mol. The molecular formula is C11H12N2O2S2. The van der Waals surface area contributed by atoms with Gasteiger partial charge in [-0.05, 0) is 19.4 Å². The Morgan fingerprint density at radius 3 is 2.65 bits per heavy atom. The summed E-state index contributed by atoms with van der Waals surface area (Å²) in [7, 11) is -2.07. The number of nitrogens with zero attached hydrogens (tertiary/aromatic N) is 1. The molecule has 1 N–H and O–H groups in total. The third-order valence-corrected chi connectivity index (χ3v) is 4.86. The maximum Gasteiger partial charge on any atom is 0.242 e. The van der Waals surface area contributed by atoms with E-state index in [1.54, 1.807) is 0 Å². The fourth-order valence-electron chi connectivity index (χ4n) is 1.61. The fourth-order valence-corrected chi connectivity index (χ4v) is 3.60. The predicted molar refractivity (Wildman–Crippen MR) is 69.8 cm³/mol. The molecule has 0 aliphatic rings. The SMILES string of the molecule is CNS(=O)(=O)c1cnc2ccccc2c1SC. The highest BCUT2D eigenvalue weighted by atomic mass is 32.2. The molecule has 2 rings (SSSR count). The number of hydrogen-bond acceptors (Lipinski definition) is 4. The zero-order valence-electron chi connectivity index (χ0n) is 9.47. The molecular weight excluding hydrogens is 256 g/mol. The van der Waals surface area contributed by atoms with Crippen LogP contribution in [0.15, 0.2) is 40.3 Å². The van der Waals surface area contributed by atoms with Gasteiger partial charge in [-0.3, -0.25) is 4.98 Å². The topological polar surface area (TPSA) is 59.1 Å². The molecule has 0 fully saturated rings. The van der Waals surface area contributed by atoms with Crippen LogP contribution in [0.4, 0.5) is 0 Å². The number of aromatic nitrogens is 1. The Morgan fingerprint density at radius 1 is 1.29 bits per heavy atom. The molecule has 0 atom stereocenters. The molecule has 4 nitrogen and oxygen atoms in total. The largest absolute Gasteiger partial charge is 0.255 e. The Labute approximate surface area is 104 Å². The minimum Gasteiger partial charge on any atom is -0.255 e. The van der Waals surface area contributed by atoms with Crippen molar-refractivity contribution in [2.45, 2.75) is 9.79 Å². The van der Waals surface area contributed by atoms with E-state index in [1.807, 2.05) is 30.5 Å². The second kappa shape index (κ2) is 4.64. The van der Waals surface area contributed by atoms with Gasteiger partial charge in [0.05, 0.1) is 5.52 Å². The summed E-state index contributed by atoms with van der Waals surface area (Å²) in [5, 5.41) is 0.858. The first-order chi connectivity index (χ1) is 8.10. The van der Waals surface area contributed by atoms with Gasteiger partial charge >= 0.3 is 0 Å². The van der Waals surface area contributed by atoms with Gasteiger partial charge in [-0.25, -0.2) is 13.1 Å². The van der Waals surface area contributed by atoms with Crippen LogP contribution in [0.25, 0.3) is 10.9 Å². The van der Waals surface area contributed by atoms with E-state index in [0.717, 1.165) is 15.8 Å². The summed E-state index contributed by atoms with van der Waals surface area (Å²) >= 11 is 1.41. The summed E-state index contributed by atoms with van der Waals surface area (Å²) in [5.41, 5.74) is 0.798. The molecule has 90 valence electrons. The van der Waals surface area contributed by atoms with Crippen molar-refractivity contribution >= 4 is 32.7 Å². The maximum absolute atomic E-state index is 11.9. The van der Waals surface area contributed by atoms with Gasteiger partial charge in [0.25, 0.3) is 0 Å². The molecule has 0 unspecified atom stereocenters. The van der Waals surface area contributed by atoms with Crippen molar-refractivity contribution in [2.24, 2.45) is 0 Å². The van der Waals surface area contributed by atoms with Gasteiger partial charge in [-0.1, -0.05) is 18.2 Å². The first kappa shape index (κ1) is 12.3. The van der Waals surface area contributed by atoms with E-state index in [4.69, 9.17) is 0 Å². The number of fused-ring (bicyclic) bond motifs is 1. The molecule has 0 radical (unpaired) electrons. The van der Waals surface area contributed by atoms with E-state index in [9.17, 15) is 8.42 Å². The molecule has 1 aromatic heterocycles. The Morgan fingerprint density at radius 2 is 2.00 bits per heavy atom. The number of thioether (sulfide) groups is 1. The number of rotatable bonds is 3. The molecule has 17 heavy (non-hydrogen) atoms. The molecule has 0 saturated carbocycles. The normalized spacial score (nSPS) is 11.9. The molecule has 0 saturated heterocycles. The molecule has 0 spiro atoms. The summed E-state index contributed by atoms with van der Waals surface area (Å²) in [6, 6.07) is 7.50. The van der Waals surface area contributed by atoms with Crippen LogP contribution < -0.4 is 4.72 Å². The highest BCUT2D eigenvalue weighted by Crippen LogP contribution is 2.31. The second-order valence-electron chi connectivity index (χ2n) is 3.38. The average Bonchev–Trinajstić information content (AvgIpc) is 2.37. The third-order valence-electron chi connectivity index (χ3n) is 2.46. The van der Waals surface area contributed by atoms with Crippen LogP contribution in [0, 0.1) is 0 Å². The lowest BCUT2D eigenvalue weighted by Crippen LogP contribution is -2.19. The highest BCUT2D eigenvalue weighted by Gasteiger charge is 2.18. The quantitative estimate of drug-likeness (QED) is 0.863. The molecule has 1 aromatic carbocycles. The van der Waals surface area contributed by atoms with E-state index >= 15 is 0 Å². The van der Waals surface area contributed by atoms with Gasteiger partial charge in [0.1, 0.15) is 4.90 Å². The zero-order valence-corrected chi connectivity index (χ0v) is 11.1.